The van der Waals surface area contributed by atoms with Crippen molar-refractivity contribution < 1.29 is 19.4 Å². The smallest absolute Gasteiger partial charge is 0.322 e. The highest BCUT2D eigenvalue weighted by Crippen LogP contribution is 2.22. The van der Waals surface area contributed by atoms with Crippen LogP contribution in [0, 0.1) is 0 Å². The summed E-state index contributed by atoms with van der Waals surface area (Å²) in [5.41, 5.74) is 0.178. The lowest BCUT2D eigenvalue weighted by molar-refractivity contribution is -0.135. The number of carboxylic acids is 1. The first-order valence-corrected chi connectivity index (χ1v) is 5.85. The maximum Gasteiger partial charge on any atom is 0.322 e. The van der Waals surface area contributed by atoms with Crippen molar-refractivity contribution in [2.24, 2.45) is 0 Å². The van der Waals surface area contributed by atoms with Gasteiger partial charge >= 0.3 is 5.97 Å². The van der Waals surface area contributed by atoms with Gasteiger partial charge < -0.3 is 15.2 Å². The van der Waals surface area contributed by atoms with Crippen LogP contribution >= 0.6 is 0 Å². The Hall–Kier alpha value is -2.89. The highest BCUT2D eigenvalue weighted by molar-refractivity contribution is 5.97. The molecule has 0 radical (unpaired) electrons. The third-order valence-corrected chi connectivity index (χ3v) is 2.37. The summed E-state index contributed by atoms with van der Waals surface area (Å²) in [6.07, 6.45) is 1.49. The predicted molar refractivity (Wildman–Crippen MR) is 70.7 cm³/mol. The summed E-state index contributed by atoms with van der Waals surface area (Å²) in [6.45, 7) is -0.460. The van der Waals surface area contributed by atoms with Crippen LogP contribution in [-0.2, 0) is 4.79 Å². The second-order valence-corrected chi connectivity index (χ2v) is 3.85. The number of aliphatic carboxylic acids is 1. The fraction of sp³-hybridized carbons (Fsp3) is 0.0714. The lowest BCUT2D eigenvalue weighted by atomic mass is 10.2. The summed E-state index contributed by atoms with van der Waals surface area (Å²) in [4.78, 5) is 26.3. The van der Waals surface area contributed by atoms with Gasteiger partial charge in [-0.3, -0.25) is 9.59 Å². The molecule has 0 bridgehead atoms. The number of rotatable bonds is 5. The zero-order valence-electron chi connectivity index (χ0n) is 10.4. The van der Waals surface area contributed by atoms with Crippen molar-refractivity contribution in [2.45, 2.75) is 0 Å². The number of carbonyl (C=O) groups excluding carboxylic acids is 1. The van der Waals surface area contributed by atoms with E-state index < -0.39 is 18.4 Å². The van der Waals surface area contributed by atoms with Crippen LogP contribution in [0.3, 0.4) is 0 Å². The van der Waals surface area contributed by atoms with Gasteiger partial charge in [-0.1, -0.05) is 18.2 Å². The minimum atomic E-state index is -1.12. The van der Waals surface area contributed by atoms with E-state index in [0.29, 0.717) is 5.75 Å². The Balaban J connectivity index is 2.18. The van der Waals surface area contributed by atoms with E-state index in [1.807, 2.05) is 6.07 Å². The Kier molecular flexibility index (Phi) is 4.28. The van der Waals surface area contributed by atoms with E-state index in [2.05, 4.69) is 10.3 Å². The maximum atomic E-state index is 11.9. The van der Waals surface area contributed by atoms with Crippen molar-refractivity contribution >= 4 is 11.9 Å². The predicted octanol–water partition coefficient (Wildman–Crippen LogP) is 1.69. The molecule has 0 atom stereocenters. The van der Waals surface area contributed by atoms with Crippen molar-refractivity contribution in [2.75, 3.05) is 6.54 Å². The molecule has 0 aliphatic heterocycles. The first kappa shape index (κ1) is 13.5. The third kappa shape index (κ3) is 3.55. The second-order valence-electron chi connectivity index (χ2n) is 3.85. The standard InChI is InChI=1S/C14H12N2O4/c17-12(18)9-16-13(19)11-7-4-8-15-14(11)20-10-5-2-1-3-6-10/h1-8H,9H2,(H,16,19)(H,17,18). The van der Waals surface area contributed by atoms with E-state index in [9.17, 15) is 9.59 Å². The molecule has 1 amide bonds. The van der Waals surface area contributed by atoms with Crippen molar-refractivity contribution in [1.82, 2.24) is 10.3 Å². The maximum absolute atomic E-state index is 11.9. The third-order valence-electron chi connectivity index (χ3n) is 2.37. The number of carboxylic acid groups (broad SMARTS) is 1. The normalized spacial score (nSPS) is 9.80. The van der Waals surface area contributed by atoms with Gasteiger partial charge in [-0.25, -0.2) is 4.98 Å². The largest absolute Gasteiger partial charge is 0.480 e. The van der Waals surface area contributed by atoms with Crippen molar-refractivity contribution in [3.8, 4) is 11.6 Å². The molecule has 102 valence electrons. The van der Waals surface area contributed by atoms with E-state index >= 15 is 0 Å². The minimum Gasteiger partial charge on any atom is -0.480 e. The number of aromatic nitrogens is 1. The highest BCUT2D eigenvalue weighted by Gasteiger charge is 2.14. The van der Waals surface area contributed by atoms with Gasteiger partial charge in [0, 0.05) is 6.20 Å². The quantitative estimate of drug-likeness (QED) is 0.864. The van der Waals surface area contributed by atoms with E-state index in [0.717, 1.165) is 0 Å². The highest BCUT2D eigenvalue weighted by atomic mass is 16.5. The number of hydrogen-bond donors (Lipinski definition) is 2. The summed E-state index contributed by atoms with van der Waals surface area (Å²) in [5.74, 6) is -1.00. The molecule has 1 aromatic heterocycles. The molecule has 1 heterocycles. The average Bonchev–Trinajstić information content (AvgIpc) is 2.46. The summed E-state index contributed by atoms with van der Waals surface area (Å²) in [5, 5.41) is 10.8. The Morgan fingerprint density at radius 1 is 1.15 bits per heavy atom. The van der Waals surface area contributed by atoms with Gasteiger partial charge in [0.1, 0.15) is 17.9 Å². The molecule has 20 heavy (non-hydrogen) atoms. The first-order valence-electron chi connectivity index (χ1n) is 5.85. The van der Waals surface area contributed by atoms with Crippen LogP contribution in [0.4, 0.5) is 0 Å². The molecule has 0 aliphatic rings. The van der Waals surface area contributed by atoms with Gasteiger partial charge in [0.2, 0.25) is 5.88 Å². The number of nitrogens with zero attached hydrogens (tertiary/aromatic N) is 1. The fourth-order valence-electron chi connectivity index (χ4n) is 1.50. The molecule has 6 nitrogen and oxygen atoms in total. The molecular weight excluding hydrogens is 260 g/mol. The van der Waals surface area contributed by atoms with Gasteiger partial charge in [0.25, 0.3) is 5.91 Å². The van der Waals surface area contributed by atoms with Gasteiger partial charge in [0.15, 0.2) is 0 Å². The zero-order chi connectivity index (χ0) is 14.4. The molecular formula is C14H12N2O4. The van der Waals surface area contributed by atoms with E-state index in [-0.39, 0.29) is 11.4 Å². The van der Waals surface area contributed by atoms with Crippen LogP contribution < -0.4 is 10.1 Å². The van der Waals surface area contributed by atoms with Crippen LogP contribution in [0.1, 0.15) is 10.4 Å². The zero-order valence-corrected chi connectivity index (χ0v) is 10.4. The molecule has 6 heteroatoms. The van der Waals surface area contributed by atoms with Gasteiger partial charge in [-0.15, -0.1) is 0 Å². The molecule has 2 rings (SSSR count). The van der Waals surface area contributed by atoms with Crippen LogP contribution in [-0.4, -0.2) is 28.5 Å². The monoisotopic (exact) mass is 272 g/mol. The first-order chi connectivity index (χ1) is 9.66. The topological polar surface area (TPSA) is 88.5 Å². The van der Waals surface area contributed by atoms with Crippen molar-refractivity contribution in [1.29, 1.82) is 0 Å². The molecule has 0 saturated heterocycles. The van der Waals surface area contributed by atoms with Gasteiger partial charge in [0.05, 0.1) is 0 Å². The summed E-state index contributed by atoms with van der Waals surface area (Å²) in [6, 6.07) is 12.0. The second kappa shape index (κ2) is 6.33. The minimum absolute atomic E-state index is 0.126. The molecule has 1 aromatic carbocycles. The molecule has 0 aliphatic carbocycles. The van der Waals surface area contributed by atoms with Gasteiger partial charge in [-0.2, -0.15) is 0 Å². The summed E-state index contributed by atoms with van der Waals surface area (Å²) >= 11 is 0. The number of hydrogen-bond acceptors (Lipinski definition) is 4. The lowest BCUT2D eigenvalue weighted by Gasteiger charge is -2.09. The Labute approximate surface area is 115 Å². The molecule has 0 unspecified atom stereocenters. The number of amides is 1. The average molecular weight is 272 g/mol. The van der Waals surface area contributed by atoms with Crippen LogP contribution in [0.25, 0.3) is 0 Å². The molecule has 0 saturated carbocycles. The molecule has 0 fully saturated rings. The van der Waals surface area contributed by atoms with E-state index in [1.165, 1.54) is 12.3 Å². The Bertz CT molecular complexity index is 614. The van der Waals surface area contributed by atoms with E-state index in [1.54, 1.807) is 30.3 Å². The van der Waals surface area contributed by atoms with E-state index in [4.69, 9.17) is 9.84 Å². The Morgan fingerprint density at radius 2 is 1.90 bits per heavy atom. The summed E-state index contributed by atoms with van der Waals surface area (Å²) in [7, 11) is 0. The molecule has 2 aromatic rings. The lowest BCUT2D eigenvalue weighted by Crippen LogP contribution is -2.29. The number of carbonyl (C=O) groups is 2. The van der Waals surface area contributed by atoms with Crippen LogP contribution in [0.15, 0.2) is 48.7 Å². The number of pyridine rings is 1. The number of para-hydroxylation sites is 1. The number of ether oxygens (including phenoxy) is 1. The fourth-order valence-corrected chi connectivity index (χ4v) is 1.50. The van der Waals surface area contributed by atoms with Crippen molar-refractivity contribution in [3.05, 3.63) is 54.2 Å². The number of nitrogens with one attached hydrogen (secondary N) is 1. The van der Waals surface area contributed by atoms with Gasteiger partial charge in [-0.05, 0) is 24.3 Å². The number of benzene rings is 1. The SMILES string of the molecule is O=C(O)CNC(=O)c1cccnc1Oc1ccccc1. The van der Waals surface area contributed by atoms with Crippen molar-refractivity contribution in [3.63, 3.8) is 0 Å². The van der Waals surface area contributed by atoms with Crippen LogP contribution in [0.2, 0.25) is 0 Å². The molecule has 0 spiro atoms. The van der Waals surface area contributed by atoms with Crippen LogP contribution in [0.5, 0.6) is 11.6 Å². The summed E-state index contributed by atoms with van der Waals surface area (Å²) < 4.78 is 5.52. The Morgan fingerprint density at radius 3 is 2.60 bits per heavy atom. The molecule has 2 N–H and O–H groups in total.